The maximum Gasteiger partial charge on any atom is 0.238 e. The van der Waals surface area contributed by atoms with Crippen molar-refractivity contribution < 1.29 is 43.9 Å². The summed E-state index contributed by atoms with van der Waals surface area (Å²) in [6, 6.07) is -30.5. The molecule has 0 saturated carbocycles. The molecule has 0 amide bonds. The number of nitrogens with zero attached hydrogens (tertiary/aromatic N) is 6. The lowest BCUT2D eigenvalue weighted by atomic mass is 10.1. The summed E-state index contributed by atoms with van der Waals surface area (Å²) in [5.74, 6) is -2.99. The zero-order valence-corrected chi connectivity index (χ0v) is 28.2. The molecule has 266 valence electrons. The van der Waals surface area contributed by atoms with Crippen molar-refractivity contribution in [2.24, 2.45) is 0 Å². The van der Waals surface area contributed by atoms with Crippen molar-refractivity contribution >= 4 is 65.4 Å². The number of hydrogen-bond acceptors (Lipinski definition) is 3. The van der Waals surface area contributed by atoms with Crippen molar-refractivity contribution in [3.63, 3.8) is 0 Å². The van der Waals surface area contributed by atoms with Crippen molar-refractivity contribution in [3.05, 3.63) is 193 Å². The van der Waals surface area contributed by atoms with Crippen LogP contribution in [0.4, 0.5) is 0 Å². The highest BCUT2D eigenvalue weighted by atomic mass is 15.2. The van der Waals surface area contributed by atoms with Crippen LogP contribution in [0.1, 0.15) is 43.9 Å². The number of rotatable bonds is 5. The molecule has 0 aliphatic heterocycles. The van der Waals surface area contributed by atoms with Gasteiger partial charge in [-0.05, 0) is 60.4 Å². The number of benzene rings is 8. The summed E-state index contributed by atoms with van der Waals surface area (Å²) in [6.45, 7) is 0. The number of hydrogen-bond donors (Lipinski definition) is 0. The number of aromatic nitrogens is 6. The van der Waals surface area contributed by atoms with Crippen molar-refractivity contribution in [1.82, 2.24) is 28.7 Å². The van der Waals surface area contributed by atoms with Gasteiger partial charge in [0.25, 0.3) is 0 Å². The van der Waals surface area contributed by atoms with Crippen LogP contribution >= 0.6 is 0 Å². The second-order valence-corrected chi connectivity index (χ2v) is 12.1. The molecule has 12 rings (SSSR count). The van der Waals surface area contributed by atoms with E-state index in [1.165, 1.54) is 0 Å². The minimum absolute atomic E-state index is 0.563. The van der Waals surface area contributed by atoms with Gasteiger partial charge in [-0.2, -0.15) is 9.97 Å². The van der Waals surface area contributed by atoms with Gasteiger partial charge in [-0.3, -0.25) is 4.57 Å². The third kappa shape index (κ3) is 4.81. The summed E-state index contributed by atoms with van der Waals surface area (Å²) in [5.41, 5.74) is -7.60. The Labute approximate surface area is 372 Å². The Morgan fingerprint density at radius 1 is 0.298 bits per heavy atom. The van der Waals surface area contributed by atoms with Crippen LogP contribution in [-0.2, 0) is 0 Å². The molecule has 57 heavy (non-hydrogen) atoms. The fourth-order valence-electron chi connectivity index (χ4n) is 6.74. The molecule has 8 aromatic carbocycles. The highest BCUT2D eigenvalue weighted by Gasteiger charge is 2.22. The second-order valence-electron chi connectivity index (χ2n) is 12.1. The van der Waals surface area contributed by atoms with E-state index in [0.29, 0.717) is 9.13 Å². The first-order valence-electron chi connectivity index (χ1n) is 32.6. The monoisotopic (exact) mass is 760 g/mol. The predicted octanol–water partition coefficient (Wildman–Crippen LogP) is 12.5. The van der Waals surface area contributed by atoms with E-state index in [-0.39, 0.29) is 0 Å². The first-order valence-corrected chi connectivity index (χ1v) is 16.6. The molecule has 4 aromatic heterocycles. The van der Waals surface area contributed by atoms with Crippen LogP contribution in [0.15, 0.2) is 193 Å². The Kier molecular flexibility index (Phi) is 2.91. The van der Waals surface area contributed by atoms with Crippen molar-refractivity contribution in [2.75, 3.05) is 0 Å². The molecule has 0 N–H and O–H groups in total. The molecule has 12 aromatic rings. The minimum atomic E-state index is -1.07. The van der Waals surface area contributed by atoms with Gasteiger partial charge in [0.15, 0.2) is 11.6 Å². The highest BCUT2D eigenvalue weighted by molar-refractivity contribution is 6.19. The lowest BCUT2D eigenvalue weighted by Gasteiger charge is -2.12. The summed E-state index contributed by atoms with van der Waals surface area (Å²) >= 11 is 0. The summed E-state index contributed by atoms with van der Waals surface area (Å²) in [7, 11) is 0. The van der Waals surface area contributed by atoms with Crippen LogP contribution in [-0.4, -0.2) is 28.7 Å². The van der Waals surface area contributed by atoms with E-state index in [1.54, 1.807) is 0 Å². The summed E-state index contributed by atoms with van der Waals surface area (Å²) in [6.07, 6.45) is 0. The average Bonchev–Trinajstić information content (AvgIpc) is 1.53. The van der Waals surface area contributed by atoms with Crippen LogP contribution in [0.2, 0.25) is 0 Å². The van der Waals surface area contributed by atoms with Gasteiger partial charge in [0.2, 0.25) is 5.95 Å². The quantitative estimate of drug-likeness (QED) is 0.176. The fraction of sp³-hybridized carbons (Fsp3) is 0. The Morgan fingerprint density at radius 3 is 1.30 bits per heavy atom. The molecule has 0 saturated heterocycles. The topological polar surface area (TPSA) is 53.5 Å². The lowest BCUT2D eigenvalue weighted by Crippen LogP contribution is -2.06. The summed E-state index contributed by atoms with van der Waals surface area (Å²) in [4.78, 5) is 13.5. The third-order valence-corrected chi connectivity index (χ3v) is 9.04. The van der Waals surface area contributed by atoms with Gasteiger partial charge < -0.3 is 9.13 Å². The third-order valence-electron chi connectivity index (χ3n) is 9.04. The van der Waals surface area contributed by atoms with E-state index >= 15 is 0 Å². The molecule has 0 aliphatic rings. The smallest absolute Gasteiger partial charge is 0.238 e. The molecular weight excluding hydrogens is 697 g/mol. The highest BCUT2D eigenvalue weighted by Crippen LogP contribution is 2.40. The fourth-order valence-corrected chi connectivity index (χ4v) is 6.74. The Bertz CT molecular complexity index is 5330. The maximum absolute atomic E-state index is 10.3. The summed E-state index contributed by atoms with van der Waals surface area (Å²) in [5, 5.41) is -3.57. The maximum atomic E-state index is 10.3. The van der Waals surface area contributed by atoms with Crippen molar-refractivity contribution in [2.45, 2.75) is 0 Å². The van der Waals surface area contributed by atoms with E-state index in [4.69, 9.17) is 31.5 Å². The normalized spacial score (nSPS) is 19.7. The van der Waals surface area contributed by atoms with Crippen molar-refractivity contribution in [1.29, 1.82) is 0 Å². The Balaban J connectivity index is 1.36. The molecule has 0 spiro atoms. The van der Waals surface area contributed by atoms with E-state index in [9.17, 15) is 12.3 Å². The molecule has 0 radical (unpaired) electrons. The number of fused-ring (bicyclic) bond motifs is 9. The Hall–Kier alpha value is -7.83. The van der Waals surface area contributed by atoms with Crippen LogP contribution < -0.4 is 0 Å². The first-order chi connectivity index (χ1) is 41.6. The van der Waals surface area contributed by atoms with Gasteiger partial charge in [0, 0.05) is 54.8 Å². The molecule has 0 aliphatic carbocycles. The predicted molar refractivity (Wildman–Crippen MR) is 234 cm³/mol. The molecule has 0 atom stereocenters. The SMILES string of the molecule is [2H]c1c([2H])c([2H])c(-c2nc(-c3c([2H])c([2H])c4c5c([2H])c([2H])c([2H])c([2H])c5n(-c5c([2H])c([2H])c([2H])c([2H])c5[2H])c4c3[2H])nc(-n3c4c([2H])c([2H])c([2H])c([2H])c4c4c([2H])c5c6c([2H])c([2H])c([2H])c([2H])c6n(-c6c([2H])c([2H])c([2H])c([2H])c6[2H])c5c([2H])c43)n2)c([2H])c1[2H]. The molecule has 0 bridgehead atoms. The zero-order valence-electron chi connectivity index (χ0n) is 60.2. The van der Waals surface area contributed by atoms with E-state index in [0.717, 1.165) is 4.57 Å². The molecule has 6 heteroatoms. The van der Waals surface area contributed by atoms with E-state index < -0.39 is 299 Å². The molecule has 0 unspecified atom stereocenters. The largest absolute Gasteiger partial charge is 0.309 e. The standard InChI is InChI=1S/C51H32N6/c1-4-16-33(17-5-1)49-52-50(34-28-29-40-37-22-10-13-25-43(37)55(46(40)30-34)35-18-6-2-7-19-35)54-51(53-49)57-45-27-15-12-24-39(45)42-31-41-38-23-11-14-26-44(38)56(47(41)32-48(42)57)36-20-8-3-9-21-36/h1-32H/i1D,2D,3D,4D,5D,6D,7D,8D,9D,10D,11D,12D,13D,14D,15D,16D,17D,18D,19D,20D,21D,22D,23D,24D,25D,26D,27D,28D,29D,30D,31D,32D. The van der Waals surface area contributed by atoms with E-state index in [2.05, 4.69) is 15.0 Å². The van der Waals surface area contributed by atoms with Crippen LogP contribution in [0.25, 0.3) is 106 Å². The molecule has 6 nitrogen and oxygen atoms in total. The lowest BCUT2D eigenvalue weighted by molar-refractivity contribution is 0.953. The van der Waals surface area contributed by atoms with Gasteiger partial charge in [0.1, 0.15) is 0 Å². The van der Waals surface area contributed by atoms with Crippen LogP contribution in [0, 0.1) is 0 Å². The van der Waals surface area contributed by atoms with E-state index in [1.807, 2.05) is 0 Å². The first kappa shape index (κ1) is 13.4. The van der Waals surface area contributed by atoms with Crippen LogP contribution in [0.3, 0.4) is 0 Å². The molecular formula is C51H32N6. The average molecular weight is 761 g/mol. The van der Waals surface area contributed by atoms with Gasteiger partial charge in [-0.1, -0.05) is 133 Å². The number of para-hydroxylation sites is 5. The van der Waals surface area contributed by atoms with Crippen LogP contribution in [0.5, 0.6) is 0 Å². The van der Waals surface area contributed by atoms with Gasteiger partial charge in [-0.25, -0.2) is 4.98 Å². The minimum Gasteiger partial charge on any atom is -0.309 e. The molecule has 4 heterocycles. The Morgan fingerprint density at radius 2 is 0.719 bits per heavy atom. The zero-order chi connectivity index (χ0) is 65.3. The van der Waals surface area contributed by atoms with Crippen molar-refractivity contribution in [3.8, 4) is 40.1 Å². The van der Waals surface area contributed by atoms with Gasteiger partial charge in [0.05, 0.1) is 77.0 Å². The summed E-state index contributed by atoms with van der Waals surface area (Å²) < 4.78 is 291. The van der Waals surface area contributed by atoms with Gasteiger partial charge >= 0.3 is 0 Å². The van der Waals surface area contributed by atoms with Gasteiger partial charge in [-0.15, -0.1) is 0 Å². The second kappa shape index (κ2) is 12.3. The molecule has 0 fully saturated rings.